The Morgan fingerprint density at radius 2 is 1.77 bits per heavy atom. The average Bonchev–Trinajstić information content (AvgIpc) is 1.94. The van der Waals surface area contributed by atoms with Gasteiger partial charge in [0.2, 0.25) is 0 Å². The first-order valence-corrected chi connectivity index (χ1v) is 6.11. The van der Waals surface area contributed by atoms with E-state index >= 15 is 0 Å². The molecule has 0 unspecified atom stereocenters. The molecule has 0 nitrogen and oxygen atoms in total. The molecule has 0 aliphatic heterocycles. The predicted molar refractivity (Wildman–Crippen MR) is 65.8 cm³/mol. The van der Waals surface area contributed by atoms with Crippen molar-refractivity contribution in [2.45, 2.75) is 10.2 Å². The summed E-state index contributed by atoms with van der Waals surface area (Å²) in [5.41, 5.74) is 0.967. The quantitative estimate of drug-likeness (QED) is 0.604. The predicted octanol–water partition coefficient (Wildman–Crippen LogP) is 5.12. The highest BCUT2D eigenvalue weighted by Gasteiger charge is 2.21. The maximum absolute atomic E-state index is 5.69. The van der Waals surface area contributed by atoms with E-state index in [4.69, 9.17) is 34.8 Å². The third kappa shape index (κ3) is 4.39. The Morgan fingerprint density at radius 3 is 2.31 bits per heavy atom. The lowest BCUT2D eigenvalue weighted by molar-refractivity contribution is 1.01. The summed E-state index contributed by atoms with van der Waals surface area (Å²) in [6, 6.07) is 5.76. The average molecular weight is 367 g/mol. The normalized spacial score (nSPS) is 11.8. The van der Waals surface area contributed by atoms with E-state index in [0.29, 0.717) is 6.42 Å². The van der Waals surface area contributed by atoms with Gasteiger partial charge in [0.1, 0.15) is 0 Å². The van der Waals surface area contributed by atoms with Gasteiger partial charge in [0.15, 0.2) is 3.79 Å². The smallest absolute Gasteiger partial charge is 0.0833 e. The summed E-state index contributed by atoms with van der Waals surface area (Å²) in [5.74, 6) is 0. The minimum Gasteiger partial charge on any atom is -0.0833 e. The van der Waals surface area contributed by atoms with E-state index in [-0.39, 0.29) is 0 Å². The summed E-state index contributed by atoms with van der Waals surface area (Å²) in [7, 11) is 0. The van der Waals surface area contributed by atoms with Gasteiger partial charge in [-0.3, -0.25) is 0 Å². The van der Waals surface area contributed by atoms with Crippen LogP contribution in [0.5, 0.6) is 0 Å². The first-order chi connectivity index (χ1) is 5.88. The molecule has 1 aromatic rings. The first-order valence-electron chi connectivity index (χ1n) is 3.39. The topological polar surface area (TPSA) is 0 Å². The van der Waals surface area contributed by atoms with E-state index in [2.05, 4.69) is 31.9 Å². The van der Waals surface area contributed by atoms with Crippen molar-refractivity contribution >= 4 is 66.7 Å². The van der Waals surface area contributed by atoms with Crippen molar-refractivity contribution in [3.8, 4) is 0 Å². The van der Waals surface area contributed by atoms with E-state index in [1.807, 2.05) is 18.2 Å². The summed E-state index contributed by atoms with van der Waals surface area (Å²) in [6.07, 6.45) is 0.387. The molecule has 0 spiro atoms. The van der Waals surface area contributed by atoms with Crippen LogP contribution in [0.15, 0.2) is 27.1 Å². The van der Waals surface area contributed by atoms with Crippen LogP contribution in [0.1, 0.15) is 5.56 Å². The highest BCUT2D eigenvalue weighted by Crippen LogP contribution is 2.33. The number of hydrogen-bond acceptors (Lipinski definition) is 0. The van der Waals surface area contributed by atoms with Gasteiger partial charge in [-0.25, -0.2) is 0 Å². The zero-order chi connectivity index (χ0) is 10.1. The van der Waals surface area contributed by atoms with Crippen molar-refractivity contribution in [2.75, 3.05) is 0 Å². The van der Waals surface area contributed by atoms with Gasteiger partial charge in [0, 0.05) is 15.4 Å². The van der Waals surface area contributed by atoms with E-state index in [9.17, 15) is 0 Å². The molecule has 0 aliphatic carbocycles. The van der Waals surface area contributed by atoms with Crippen LogP contribution in [0.25, 0.3) is 0 Å². The molecule has 0 heterocycles. The Bertz CT molecular complexity index is 307. The molecule has 13 heavy (non-hydrogen) atoms. The van der Waals surface area contributed by atoms with Crippen molar-refractivity contribution in [3.63, 3.8) is 0 Å². The number of alkyl halides is 3. The minimum absolute atomic E-state index is 0.387. The summed E-state index contributed by atoms with van der Waals surface area (Å²) < 4.78 is 0.672. The maximum atomic E-state index is 5.69. The molecule has 0 N–H and O–H groups in total. The van der Waals surface area contributed by atoms with Gasteiger partial charge in [-0.2, -0.15) is 0 Å². The molecule has 72 valence electrons. The Kier molecular flexibility index (Phi) is 4.39. The molecule has 0 amide bonds. The van der Waals surface area contributed by atoms with Crippen LogP contribution in [0, 0.1) is 0 Å². The standard InChI is InChI=1S/C8H5Br2Cl3/c9-6-1-2-7(10)5(3-6)4-8(11,12)13/h1-3H,4H2. The highest BCUT2D eigenvalue weighted by atomic mass is 79.9. The molecule has 0 saturated carbocycles. The Balaban J connectivity index is 2.94. The summed E-state index contributed by atoms with van der Waals surface area (Å²) in [4.78, 5) is 0. The van der Waals surface area contributed by atoms with Crippen molar-refractivity contribution in [3.05, 3.63) is 32.7 Å². The molecule has 0 saturated heterocycles. The number of rotatable bonds is 1. The molecular weight excluding hydrogens is 362 g/mol. The van der Waals surface area contributed by atoms with Crippen molar-refractivity contribution in [2.24, 2.45) is 0 Å². The molecule has 1 aromatic carbocycles. The van der Waals surface area contributed by atoms with Crippen LogP contribution in [-0.2, 0) is 6.42 Å². The second-order valence-electron chi connectivity index (χ2n) is 2.53. The van der Waals surface area contributed by atoms with Gasteiger partial charge >= 0.3 is 0 Å². The van der Waals surface area contributed by atoms with Gasteiger partial charge in [-0.1, -0.05) is 66.7 Å². The first kappa shape index (κ1) is 12.1. The fraction of sp³-hybridized carbons (Fsp3) is 0.250. The fourth-order valence-electron chi connectivity index (χ4n) is 0.895. The minimum atomic E-state index is -1.25. The SMILES string of the molecule is ClC(Cl)(Cl)Cc1cc(Br)ccc1Br. The highest BCUT2D eigenvalue weighted by molar-refractivity contribution is 9.11. The molecule has 0 atom stereocenters. The Morgan fingerprint density at radius 1 is 1.15 bits per heavy atom. The van der Waals surface area contributed by atoms with Crippen molar-refractivity contribution in [1.29, 1.82) is 0 Å². The zero-order valence-electron chi connectivity index (χ0n) is 6.33. The largest absolute Gasteiger partial charge is 0.194 e. The third-order valence-electron chi connectivity index (χ3n) is 1.40. The van der Waals surface area contributed by atoms with Crippen molar-refractivity contribution < 1.29 is 0 Å². The third-order valence-corrected chi connectivity index (χ3v) is 3.07. The molecule has 0 aromatic heterocycles. The fourth-order valence-corrected chi connectivity index (χ4v) is 2.12. The Hall–Kier alpha value is 1.05. The second-order valence-corrected chi connectivity index (χ2v) is 6.81. The van der Waals surface area contributed by atoms with E-state index in [0.717, 1.165) is 14.5 Å². The molecule has 0 fully saturated rings. The van der Waals surface area contributed by atoms with E-state index < -0.39 is 3.79 Å². The monoisotopic (exact) mass is 364 g/mol. The number of halogens is 5. The molecule has 0 bridgehead atoms. The van der Waals surface area contributed by atoms with Gasteiger partial charge in [0.05, 0.1) is 0 Å². The lowest BCUT2D eigenvalue weighted by Crippen LogP contribution is -2.07. The van der Waals surface area contributed by atoms with Crippen LogP contribution >= 0.6 is 66.7 Å². The molecule has 5 heteroatoms. The zero-order valence-corrected chi connectivity index (χ0v) is 11.8. The summed E-state index contributed by atoms with van der Waals surface area (Å²) >= 11 is 23.8. The maximum Gasteiger partial charge on any atom is 0.194 e. The van der Waals surface area contributed by atoms with Gasteiger partial charge < -0.3 is 0 Å². The summed E-state index contributed by atoms with van der Waals surface area (Å²) in [5, 5.41) is 0. The van der Waals surface area contributed by atoms with Crippen LogP contribution in [-0.4, -0.2) is 3.79 Å². The van der Waals surface area contributed by atoms with Crippen LogP contribution < -0.4 is 0 Å². The Labute approximate surface area is 109 Å². The van der Waals surface area contributed by atoms with Crippen LogP contribution in [0.2, 0.25) is 0 Å². The molecule has 0 aliphatic rings. The number of benzene rings is 1. The molecule has 1 rings (SSSR count). The van der Waals surface area contributed by atoms with Gasteiger partial charge in [-0.15, -0.1) is 0 Å². The van der Waals surface area contributed by atoms with Gasteiger partial charge in [-0.05, 0) is 23.8 Å². The second kappa shape index (κ2) is 4.71. The van der Waals surface area contributed by atoms with E-state index in [1.165, 1.54) is 0 Å². The molecular formula is C8H5Br2Cl3. The van der Waals surface area contributed by atoms with Crippen LogP contribution in [0.4, 0.5) is 0 Å². The van der Waals surface area contributed by atoms with Gasteiger partial charge in [0.25, 0.3) is 0 Å². The summed E-state index contributed by atoms with van der Waals surface area (Å²) in [6.45, 7) is 0. The number of hydrogen-bond donors (Lipinski definition) is 0. The lowest BCUT2D eigenvalue weighted by atomic mass is 10.2. The van der Waals surface area contributed by atoms with Crippen LogP contribution in [0.3, 0.4) is 0 Å². The van der Waals surface area contributed by atoms with E-state index in [1.54, 1.807) is 0 Å². The molecule has 0 radical (unpaired) electrons. The lowest BCUT2D eigenvalue weighted by Gasteiger charge is -2.12. The van der Waals surface area contributed by atoms with Crippen molar-refractivity contribution in [1.82, 2.24) is 0 Å².